The molecule has 546 valence electrons. The first kappa shape index (κ1) is 93.3. The summed E-state index contributed by atoms with van der Waals surface area (Å²) in [5, 5.41) is 17.1. The number of nitrogens with one attached hydrogen (secondary N) is 7. The molecule has 0 unspecified atom stereocenters. The Kier molecular flexibility index (Phi) is 48.5. The van der Waals surface area contributed by atoms with Crippen molar-refractivity contribution >= 4 is 107 Å². The molecular formula is C59H106N12O22S2. The van der Waals surface area contributed by atoms with Crippen molar-refractivity contribution in [2.75, 3.05) is 140 Å². The van der Waals surface area contributed by atoms with Crippen molar-refractivity contribution in [3.63, 3.8) is 0 Å². The van der Waals surface area contributed by atoms with Crippen LogP contribution in [0.1, 0.15) is 75.7 Å². The first-order chi connectivity index (χ1) is 44.1. The molecule has 95 heavy (non-hydrogen) atoms. The van der Waals surface area contributed by atoms with Crippen LogP contribution in [0.25, 0.3) is 0 Å². The van der Waals surface area contributed by atoms with E-state index in [1.165, 1.54) is 99.8 Å². The van der Waals surface area contributed by atoms with Crippen molar-refractivity contribution in [2.24, 2.45) is 11.7 Å². The van der Waals surface area contributed by atoms with Gasteiger partial charge in [-0.15, -0.1) is 0 Å². The minimum Gasteiger partial charge on any atom is -0.468 e. The molecule has 0 aliphatic heterocycles. The minimum absolute atomic E-state index is 0.0125. The van der Waals surface area contributed by atoms with Gasteiger partial charge in [-0.3, -0.25) is 52.8 Å². The fourth-order valence-electron chi connectivity index (χ4n) is 6.91. The third-order valence-corrected chi connectivity index (χ3v) is 12.7. The molecule has 36 heteroatoms. The molecule has 0 aliphatic rings. The number of carbonyl (C=O) groups excluding carboxylic acids is 14. The highest BCUT2D eigenvalue weighted by molar-refractivity contribution is 7.98. The van der Waals surface area contributed by atoms with E-state index in [-0.39, 0.29) is 57.3 Å². The summed E-state index contributed by atoms with van der Waals surface area (Å²) >= 11 is 2.65. The van der Waals surface area contributed by atoms with Crippen molar-refractivity contribution in [1.29, 1.82) is 0 Å². The molecule has 0 rings (SSSR count). The lowest BCUT2D eigenvalue weighted by atomic mass is 10.0. The van der Waals surface area contributed by atoms with E-state index in [1.54, 1.807) is 88.8 Å². The maximum Gasteiger partial charge on any atom is 0.410 e. The molecule has 0 spiro atoms. The third-order valence-electron chi connectivity index (χ3n) is 11.4. The number of methoxy groups -OCH3 is 3. The Morgan fingerprint density at radius 3 is 1.12 bits per heavy atom. The van der Waals surface area contributed by atoms with Crippen LogP contribution in [0, 0.1) is 5.92 Å². The topological polar surface area (TPSA) is 436 Å². The summed E-state index contributed by atoms with van der Waals surface area (Å²) in [6, 6.07) is -5.27. The second kappa shape index (κ2) is 49.4. The lowest BCUT2D eigenvalue weighted by molar-refractivity contribution is -0.157. The molecule has 0 bridgehead atoms. The maximum absolute atomic E-state index is 13.5. The van der Waals surface area contributed by atoms with Crippen molar-refractivity contribution in [1.82, 2.24) is 56.8 Å². The minimum atomic E-state index is -1.30. The van der Waals surface area contributed by atoms with Crippen LogP contribution >= 0.6 is 23.5 Å². The van der Waals surface area contributed by atoms with E-state index in [9.17, 15) is 67.1 Å². The van der Waals surface area contributed by atoms with Crippen LogP contribution in [0.2, 0.25) is 0 Å². The third kappa shape index (κ3) is 42.8. The molecule has 34 nitrogen and oxygen atoms in total. The van der Waals surface area contributed by atoms with Gasteiger partial charge in [-0.25, -0.2) is 19.2 Å². The molecule has 10 amide bonds. The quantitative estimate of drug-likeness (QED) is 0.0188. The van der Waals surface area contributed by atoms with Crippen LogP contribution in [-0.2, 0) is 85.8 Å². The molecular weight excluding hydrogens is 1290 g/mol. The van der Waals surface area contributed by atoms with Gasteiger partial charge in [-0.1, -0.05) is 32.2 Å². The Morgan fingerprint density at radius 2 is 0.821 bits per heavy atom. The van der Waals surface area contributed by atoms with E-state index in [0.717, 1.165) is 12.0 Å². The monoisotopic (exact) mass is 1400 g/mol. The standard InChI is InChI=1S/C25H42N4O9S.C21H36N4O8S.C12H23N3O5.CH5N/c1-10-12-37-23(34)16(11-2)21(32)29(7)18(15-39-9)22(33)28(6)14-17(20(31)26-13-19(30)36-8)27-24(35)38-25(3,4)5;1-9-10-32-20(30)25(6)15(13-34-8)18(28)24(5)12-14(17(27)22-11-16(26)31-7)23-19(29)33-21(2,3)4;1-12(2,3)20-11(18)15-8(6-13-4)10(17)14-7-9(16)19-5;1-2/h10,16-18H,1,11-15H2,2-9H3,(H,26,31)(H,27,35);9,14-15H,1,10-13H2,2-8H3,(H,22,27)(H,23,29);8,13H,6-7H2,1-5H3,(H,14,17)(H,15,18);2H2,1H3/t16-,17-,18+;14-,15+;8-;/m111./s1. The number of thioether (sulfide) groups is 2. The van der Waals surface area contributed by atoms with Gasteiger partial charge in [0, 0.05) is 59.3 Å². The van der Waals surface area contributed by atoms with E-state index in [4.69, 9.17) is 23.7 Å². The predicted octanol–water partition coefficient (Wildman–Crippen LogP) is 0.149. The molecule has 0 saturated carbocycles. The van der Waals surface area contributed by atoms with Gasteiger partial charge in [0.15, 0.2) is 0 Å². The molecule has 9 N–H and O–H groups in total. The summed E-state index contributed by atoms with van der Waals surface area (Å²) < 4.78 is 38.9. The fraction of sp³-hybridized carbons (Fsp3) is 0.695. The summed E-state index contributed by atoms with van der Waals surface area (Å²) in [4.78, 5) is 176. The largest absolute Gasteiger partial charge is 0.468 e. The first-order valence-corrected chi connectivity index (χ1v) is 32.1. The van der Waals surface area contributed by atoms with Crippen LogP contribution in [-0.4, -0.2) is 290 Å². The van der Waals surface area contributed by atoms with E-state index < -0.39 is 150 Å². The van der Waals surface area contributed by atoms with Crippen LogP contribution in [0.15, 0.2) is 25.3 Å². The summed E-state index contributed by atoms with van der Waals surface area (Å²) in [6.45, 7) is 22.1. The molecule has 0 heterocycles. The number of ether oxygens (including phenoxy) is 8. The molecule has 0 radical (unpaired) electrons. The molecule has 0 fully saturated rings. The zero-order chi connectivity index (χ0) is 74.6. The molecule has 0 aliphatic carbocycles. The van der Waals surface area contributed by atoms with Crippen molar-refractivity contribution in [3.05, 3.63) is 25.3 Å². The van der Waals surface area contributed by atoms with Crippen LogP contribution in [0.4, 0.5) is 19.2 Å². The second-order valence-electron chi connectivity index (χ2n) is 22.7. The Bertz CT molecular complexity index is 2490. The Hall–Kier alpha value is -8.12. The number of carbonyl (C=O) groups is 14. The van der Waals surface area contributed by atoms with Gasteiger partial charge in [0.05, 0.1) is 21.3 Å². The molecule has 0 aromatic heterocycles. The van der Waals surface area contributed by atoms with E-state index in [1.807, 2.05) is 0 Å². The highest BCUT2D eigenvalue weighted by atomic mass is 32.2. The normalized spacial score (nSPS) is 12.5. The molecule has 0 aromatic rings. The number of rotatable bonds is 33. The first-order valence-electron chi connectivity index (χ1n) is 29.4. The zero-order valence-electron chi connectivity index (χ0n) is 59.0. The number of hydrogen-bond donors (Lipinski definition) is 8. The van der Waals surface area contributed by atoms with Crippen LogP contribution in [0.5, 0.6) is 0 Å². The van der Waals surface area contributed by atoms with Crippen molar-refractivity contribution in [2.45, 2.75) is 123 Å². The Morgan fingerprint density at radius 1 is 0.505 bits per heavy atom. The summed E-state index contributed by atoms with van der Waals surface area (Å²) in [7, 11) is 12.4. The summed E-state index contributed by atoms with van der Waals surface area (Å²) in [5.41, 5.74) is 2.17. The number of hydrogen-bond acceptors (Lipinski definition) is 26. The lowest BCUT2D eigenvalue weighted by Gasteiger charge is -2.33. The smallest absolute Gasteiger partial charge is 0.410 e. The van der Waals surface area contributed by atoms with Gasteiger partial charge in [0.1, 0.15) is 85.8 Å². The van der Waals surface area contributed by atoms with Crippen LogP contribution in [0.3, 0.4) is 0 Å². The average molecular weight is 1400 g/mol. The highest BCUT2D eigenvalue weighted by Gasteiger charge is 2.38. The Labute approximate surface area is 566 Å². The zero-order valence-corrected chi connectivity index (χ0v) is 60.6. The van der Waals surface area contributed by atoms with E-state index in [2.05, 4.69) is 70.3 Å². The lowest BCUT2D eigenvalue weighted by Crippen LogP contribution is -2.57. The van der Waals surface area contributed by atoms with E-state index >= 15 is 0 Å². The van der Waals surface area contributed by atoms with Gasteiger partial charge in [-0.05, 0) is 95.3 Å². The summed E-state index contributed by atoms with van der Waals surface area (Å²) in [6.07, 6.45) is 3.29. The number of alkyl carbamates (subject to hydrolysis) is 3. The molecule has 0 aromatic carbocycles. The summed E-state index contributed by atoms with van der Waals surface area (Å²) in [5.74, 6) is -6.93. The van der Waals surface area contributed by atoms with Crippen molar-refractivity contribution in [3.8, 4) is 0 Å². The van der Waals surface area contributed by atoms with Crippen LogP contribution < -0.4 is 43.0 Å². The number of nitrogens with two attached hydrogens (primary N) is 1. The van der Waals surface area contributed by atoms with Gasteiger partial charge >= 0.3 is 48.3 Å². The van der Waals surface area contributed by atoms with Gasteiger partial charge in [-0.2, -0.15) is 23.5 Å². The number of likely N-dealkylation sites (N-methyl/N-ethyl adjacent to an activating group) is 5. The molecule has 0 saturated heterocycles. The maximum atomic E-state index is 13.5. The highest BCUT2D eigenvalue weighted by Crippen LogP contribution is 2.17. The average Bonchev–Trinajstić information content (AvgIpc) is 0.857. The number of amides is 10. The molecule has 6 atom stereocenters. The second-order valence-corrected chi connectivity index (χ2v) is 24.5. The van der Waals surface area contributed by atoms with Crippen molar-refractivity contribution < 1.29 is 105 Å². The Balaban J connectivity index is -0.000000675. The van der Waals surface area contributed by atoms with E-state index in [0.29, 0.717) is 0 Å². The number of nitrogens with zero attached hydrogens (tertiary/aromatic N) is 4. The number of esters is 4. The van der Waals surface area contributed by atoms with Gasteiger partial charge < -0.3 is 95.5 Å². The SMILES string of the molecule is C=CCOC(=O)N(C)[C@@H](CSC)C(=O)N(C)C[C@@H](NC(=O)OC(C)(C)C)C(=O)NCC(=O)OC.C=CCOC(=O)[C@H](CC)C(=O)N(C)[C@@H](CSC)C(=O)N(C)C[C@@H](NC(=O)OC(C)(C)C)C(=O)NCC(=O)OC.CN.CNC[C@@H](NC(=O)OC(C)(C)C)C(=O)NCC(=O)OC. The fourth-order valence-corrected chi connectivity index (χ4v) is 8.27. The van der Waals surface area contributed by atoms with Gasteiger partial charge in [0.25, 0.3) is 0 Å². The predicted molar refractivity (Wildman–Crippen MR) is 355 cm³/mol. The van der Waals surface area contributed by atoms with Gasteiger partial charge in [0.2, 0.25) is 35.4 Å².